The molecule has 0 aliphatic rings. The lowest BCUT2D eigenvalue weighted by Crippen LogP contribution is -2.41. The van der Waals surface area contributed by atoms with Gasteiger partial charge in [-0.25, -0.2) is 5.43 Å². The zero-order valence-electron chi connectivity index (χ0n) is 20.3. The van der Waals surface area contributed by atoms with Crippen LogP contribution in [0.15, 0.2) is 102 Å². The second-order valence-corrected chi connectivity index (χ2v) is 7.72. The van der Waals surface area contributed by atoms with E-state index in [2.05, 4.69) is 21.4 Å². The van der Waals surface area contributed by atoms with Gasteiger partial charge in [0.1, 0.15) is 23.0 Å². The first-order valence-corrected chi connectivity index (χ1v) is 11.3. The fourth-order valence-electron chi connectivity index (χ4n) is 3.06. The van der Waals surface area contributed by atoms with Crippen molar-refractivity contribution >= 4 is 23.9 Å². The Bertz CT molecular complexity index is 1450. The third-order valence-corrected chi connectivity index (χ3v) is 5.04. The molecule has 0 spiro atoms. The minimum atomic E-state index is -0.660. The molecular weight excluding hydrogens is 504 g/mol. The first-order chi connectivity index (χ1) is 18.8. The lowest BCUT2D eigenvalue weighted by molar-refractivity contribution is 0.0843. The minimum absolute atomic E-state index is 0.0325. The van der Waals surface area contributed by atoms with Crippen LogP contribution in [-0.2, 0) is 0 Å². The molecule has 7 N–H and O–H groups in total. The van der Waals surface area contributed by atoms with Gasteiger partial charge >= 0.3 is 0 Å². The number of hydrogen-bond donors (Lipinski definition) is 7. The maximum Gasteiger partial charge on any atom is 0.275 e. The molecule has 4 aromatic carbocycles. The number of nitrogens with zero attached hydrogens (tertiary/aromatic N) is 1. The smallest absolute Gasteiger partial charge is 0.275 e. The van der Waals surface area contributed by atoms with Crippen molar-refractivity contribution in [2.24, 2.45) is 5.10 Å². The molecule has 0 saturated carbocycles. The van der Waals surface area contributed by atoms with Gasteiger partial charge in [0.15, 0.2) is 0 Å². The second kappa shape index (κ2) is 13.5. The molecule has 0 radical (unpaired) electrons. The van der Waals surface area contributed by atoms with Crippen LogP contribution in [0.2, 0.25) is 0 Å². The van der Waals surface area contributed by atoms with Crippen LogP contribution in [0, 0.1) is 0 Å². The Hall–Kier alpha value is -5.84. The average Bonchev–Trinajstić information content (AvgIpc) is 2.93. The summed E-state index contributed by atoms with van der Waals surface area (Å²) in [6.45, 7) is 0. The quantitative estimate of drug-likeness (QED) is 0.153. The fraction of sp³-hybridized carbons (Fsp3) is 0. The van der Waals surface area contributed by atoms with Gasteiger partial charge in [0.05, 0.1) is 22.9 Å². The van der Waals surface area contributed by atoms with Gasteiger partial charge in [-0.1, -0.05) is 48.5 Å². The predicted octanol–water partition coefficient (Wildman–Crippen LogP) is 3.03. The molecule has 0 atom stereocenters. The summed E-state index contributed by atoms with van der Waals surface area (Å²) >= 11 is 0. The Morgan fingerprint density at radius 3 is 1.28 bits per heavy atom. The molecule has 0 bridgehead atoms. The maximum atomic E-state index is 11.7. The Morgan fingerprint density at radius 2 is 0.872 bits per heavy atom. The normalized spacial score (nSPS) is 10.2. The molecule has 4 rings (SSSR count). The minimum Gasteiger partial charge on any atom is -0.507 e. The summed E-state index contributed by atoms with van der Waals surface area (Å²) in [6.07, 6.45) is 1.33. The van der Waals surface area contributed by atoms with Crippen molar-refractivity contribution in [3.05, 3.63) is 119 Å². The van der Waals surface area contributed by atoms with E-state index in [0.29, 0.717) is 5.56 Å². The van der Waals surface area contributed by atoms with Gasteiger partial charge < -0.3 is 20.4 Å². The maximum absolute atomic E-state index is 11.7. The van der Waals surface area contributed by atoms with Gasteiger partial charge in [-0.15, -0.1) is 0 Å². The van der Waals surface area contributed by atoms with E-state index in [1.165, 1.54) is 48.7 Å². The summed E-state index contributed by atoms with van der Waals surface area (Å²) < 4.78 is 0. The third-order valence-electron chi connectivity index (χ3n) is 5.04. The highest BCUT2D eigenvalue weighted by Gasteiger charge is 2.14. The fourth-order valence-corrected chi connectivity index (χ4v) is 3.06. The van der Waals surface area contributed by atoms with Crippen molar-refractivity contribution in [1.29, 1.82) is 0 Å². The van der Waals surface area contributed by atoms with Crippen LogP contribution in [0.4, 0.5) is 0 Å². The molecule has 0 aliphatic carbocycles. The zero-order chi connectivity index (χ0) is 28.2. The largest absolute Gasteiger partial charge is 0.507 e. The van der Waals surface area contributed by atoms with Gasteiger partial charge in [-0.3, -0.25) is 25.2 Å². The number of hydrazine groups is 1. The lowest BCUT2D eigenvalue weighted by Gasteiger charge is -2.09. The van der Waals surface area contributed by atoms with E-state index < -0.39 is 17.7 Å². The van der Waals surface area contributed by atoms with Crippen LogP contribution in [0.3, 0.4) is 0 Å². The number of amides is 3. The van der Waals surface area contributed by atoms with Crippen LogP contribution >= 0.6 is 0 Å². The molecular formula is C28H24N4O7. The number of aromatic hydroxyl groups is 4. The Labute approximate surface area is 222 Å². The summed E-state index contributed by atoms with van der Waals surface area (Å²) in [7, 11) is 0. The number of carbonyl (C=O) groups is 3. The van der Waals surface area contributed by atoms with Gasteiger partial charge in [0, 0.05) is 5.56 Å². The summed E-state index contributed by atoms with van der Waals surface area (Å²) in [6, 6.07) is 24.6. The second-order valence-electron chi connectivity index (χ2n) is 7.72. The summed E-state index contributed by atoms with van der Waals surface area (Å²) in [5, 5.41) is 41.7. The van der Waals surface area contributed by atoms with Gasteiger partial charge in [0.2, 0.25) is 0 Å². The number of phenols is 4. The molecule has 0 heterocycles. The zero-order valence-corrected chi connectivity index (χ0v) is 20.3. The number of phenolic OH excluding ortho intramolecular Hbond substituents is 4. The number of benzene rings is 4. The van der Waals surface area contributed by atoms with Crippen LogP contribution in [0.25, 0.3) is 0 Å². The van der Waals surface area contributed by atoms with Crippen LogP contribution in [0.5, 0.6) is 23.0 Å². The van der Waals surface area contributed by atoms with Crippen molar-refractivity contribution in [1.82, 2.24) is 16.3 Å². The molecule has 0 aromatic heterocycles. The highest BCUT2D eigenvalue weighted by atomic mass is 16.3. The molecule has 11 nitrogen and oxygen atoms in total. The predicted molar refractivity (Wildman–Crippen MR) is 142 cm³/mol. The summed E-state index contributed by atoms with van der Waals surface area (Å²) in [5.74, 6) is -2.27. The SMILES string of the molecule is O=C(NN=Cc1ccccc1O)c1ccccc1O.O=C(NNC(=O)c1ccccc1O)c1ccccc1O. The van der Waals surface area contributed by atoms with E-state index >= 15 is 0 Å². The third kappa shape index (κ3) is 7.82. The topological polar surface area (TPSA) is 181 Å². The van der Waals surface area contributed by atoms with E-state index in [4.69, 9.17) is 0 Å². The lowest BCUT2D eigenvalue weighted by atomic mass is 10.2. The van der Waals surface area contributed by atoms with Crippen molar-refractivity contribution < 1.29 is 34.8 Å². The van der Waals surface area contributed by atoms with Gasteiger partial charge in [0.25, 0.3) is 17.7 Å². The van der Waals surface area contributed by atoms with Gasteiger partial charge in [-0.05, 0) is 48.5 Å². The number of nitrogens with one attached hydrogen (secondary N) is 3. The molecule has 4 aromatic rings. The number of rotatable bonds is 5. The number of hydrogen-bond acceptors (Lipinski definition) is 8. The molecule has 0 fully saturated rings. The Morgan fingerprint density at radius 1 is 0.513 bits per heavy atom. The van der Waals surface area contributed by atoms with Crippen molar-refractivity contribution in [2.45, 2.75) is 0 Å². The highest BCUT2D eigenvalue weighted by molar-refractivity contribution is 6.01. The summed E-state index contributed by atoms with van der Waals surface area (Å²) in [4.78, 5) is 35.2. The number of hydrazone groups is 1. The van der Waals surface area contributed by atoms with Crippen molar-refractivity contribution in [2.75, 3.05) is 0 Å². The van der Waals surface area contributed by atoms with Crippen LogP contribution in [0.1, 0.15) is 36.6 Å². The molecule has 0 aliphatic heterocycles. The van der Waals surface area contributed by atoms with E-state index in [1.54, 1.807) is 54.6 Å². The molecule has 3 amide bonds. The van der Waals surface area contributed by atoms with E-state index in [-0.39, 0.29) is 39.7 Å². The highest BCUT2D eigenvalue weighted by Crippen LogP contribution is 2.17. The Kier molecular flexibility index (Phi) is 9.58. The molecule has 0 saturated heterocycles. The first kappa shape index (κ1) is 27.7. The van der Waals surface area contributed by atoms with E-state index in [9.17, 15) is 34.8 Å². The Balaban J connectivity index is 0.000000216. The number of para-hydroxylation sites is 4. The molecule has 11 heteroatoms. The van der Waals surface area contributed by atoms with Gasteiger partial charge in [-0.2, -0.15) is 5.10 Å². The monoisotopic (exact) mass is 528 g/mol. The van der Waals surface area contributed by atoms with E-state index in [1.807, 2.05) is 0 Å². The van der Waals surface area contributed by atoms with Crippen molar-refractivity contribution in [3.8, 4) is 23.0 Å². The standard InChI is InChI=1S/C14H12N2O4.C14H12N2O3/c17-11-7-3-1-5-9(11)13(19)15-16-14(20)10-6-2-4-8-12(10)18;17-12-7-3-1-5-10(12)9-15-16-14(19)11-6-2-4-8-13(11)18/h1-8,17-18H,(H,15,19)(H,16,20);1-9,17-18H,(H,16,19). The van der Waals surface area contributed by atoms with Crippen molar-refractivity contribution in [3.63, 3.8) is 0 Å². The molecule has 0 unspecified atom stereocenters. The molecule has 198 valence electrons. The molecule has 39 heavy (non-hydrogen) atoms. The number of carbonyl (C=O) groups excluding carboxylic acids is 3. The average molecular weight is 529 g/mol. The van der Waals surface area contributed by atoms with Crippen LogP contribution in [-0.4, -0.2) is 44.4 Å². The van der Waals surface area contributed by atoms with E-state index in [0.717, 1.165) is 0 Å². The summed E-state index contributed by atoms with van der Waals surface area (Å²) in [5.41, 5.74) is 7.27. The van der Waals surface area contributed by atoms with Crippen LogP contribution < -0.4 is 16.3 Å². The first-order valence-electron chi connectivity index (χ1n) is 11.3.